The van der Waals surface area contributed by atoms with Crippen molar-refractivity contribution in [2.75, 3.05) is 6.54 Å². The number of nitrogens with two attached hydrogens (primary N) is 1. The molecule has 0 aliphatic carbocycles. The molecule has 3 N–H and O–H groups in total. The van der Waals surface area contributed by atoms with Crippen molar-refractivity contribution in [1.29, 1.82) is 0 Å². The highest BCUT2D eigenvalue weighted by Gasteiger charge is 2.30. The van der Waals surface area contributed by atoms with Crippen LogP contribution in [0, 0.1) is 0 Å². The molecule has 0 radical (unpaired) electrons. The summed E-state index contributed by atoms with van der Waals surface area (Å²) in [5, 5.41) is 11.2. The lowest BCUT2D eigenvalue weighted by molar-refractivity contribution is 0.0737. The average molecular weight is 335 g/mol. The Labute approximate surface area is 147 Å². The molecule has 0 aliphatic heterocycles. The van der Waals surface area contributed by atoms with E-state index in [4.69, 9.17) is 5.73 Å². The summed E-state index contributed by atoms with van der Waals surface area (Å²) in [6, 6.07) is 28.1. The van der Waals surface area contributed by atoms with Crippen molar-refractivity contribution in [1.82, 2.24) is 0 Å². The van der Waals surface area contributed by atoms with E-state index in [1.54, 1.807) is 11.8 Å². The molecule has 3 aromatic rings. The van der Waals surface area contributed by atoms with E-state index in [2.05, 4.69) is 24.3 Å². The number of hydrogen-bond donors (Lipinski definition) is 2. The number of benzene rings is 3. The van der Waals surface area contributed by atoms with E-state index in [0.29, 0.717) is 13.0 Å². The number of rotatable bonds is 6. The lowest BCUT2D eigenvalue weighted by Crippen LogP contribution is -2.30. The van der Waals surface area contributed by atoms with Crippen molar-refractivity contribution < 1.29 is 5.11 Å². The van der Waals surface area contributed by atoms with E-state index >= 15 is 0 Å². The minimum absolute atomic E-state index is 0.423. The summed E-state index contributed by atoms with van der Waals surface area (Å²) in [6.07, 6.45) is 0.488. The van der Waals surface area contributed by atoms with Gasteiger partial charge in [-0.15, -0.1) is 0 Å². The smallest absolute Gasteiger partial charge is 0.116 e. The minimum Gasteiger partial charge on any atom is -0.380 e. The summed E-state index contributed by atoms with van der Waals surface area (Å²) in [7, 11) is 0. The van der Waals surface area contributed by atoms with Gasteiger partial charge in [0.1, 0.15) is 5.60 Å². The second kappa shape index (κ2) is 7.67. The molecule has 0 saturated carbocycles. The van der Waals surface area contributed by atoms with Gasteiger partial charge in [0, 0.05) is 9.79 Å². The molecule has 0 spiro atoms. The first-order chi connectivity index (χ1) is 11.7. The maximum absolute atomic E-state index is 11.2. The third kappa shape index (κ3) is 3.70. The molecule has 2 nitrogen and oxygen atoms in total. The standard InChI is InChI=1S/C21H21NOS/c22-16-15-21(23,17-7-3-1-4-8-17)18-11-13-20(14-12-18)24-19-9-5-2-6-10-19/h1-14,23H,15-16,22H2. The Morgan fingerprint density at radius 1 is 0.708 bits per heavy atom. The predicted molar refractivity (Wildman–Crippen MR) is 100 cm³/mol. The van der Waals surface area contributed by atoms with E-state index in [9.17, 15) is 5.11 Å². The van der Waals surface area contributed by atoms with Crippen LogP contribution in [0.1, 0.15) is 17.5 Å². The Balaban J connectivity index is 1.87. The van der Waals surface area contributed by atoms with Crippen LogP contribution in [0.15, 0.2) is 94.7 Å². The summed E-state index contributed by atoms with van der Waals surface area (Å²) < 4.78 is 0. The Kier molecular flexibility index (Phi) is 5.36. The van der Waals surface area contributed by atoms with Crippen LogP contribution in [0.3, 0.4) is 0 Å². The second-order valence-corrected chi connectivity index (χ2v) is 6.85. The van der Waals surface area contributed by atoms with Crippen molar-refractivity contribution in [2.24, 2.45) is 5.73 Å². The van der Waals surface area contributed by atoms with Gasteiger partial charge >= 0.3 is 0 Å². The van der Waals surface area contributed by atoms with Crippen LogP contribution in [-0.2, 0) is 5.60 Å². The molecule has 1 atom stereocenters. The highest BCUT2D eigenvalue weighted by Crippen LogP contribution is 2.35. The third-order valence-corrected chi connectivity index (χ3v) is 5.08. The maximum atomic E-state index is 11.2. The van der Waals surface area contributed by atoms with Crippen molar-refractivity contribution in [3.8, 4) is 0 Å². The highest BCUT2D eigenvalue weighted by atomic mass is 32.2. The first kappa shape index (κ1) is 16.8. The normalized spacial score (nSPS) is 13.4. The molecule has 3 rings (SSSR count). The summed E-state index contributed by atoms with van der Waals surface area (Å²) in [5.41, 5.74) is 6.45. The zero-order chi connectivity index (χ0) is 16.8. The summed E-state index contributed by atoms with van der Waals surface area (Å²) in [5.74, 6) is 0. The molecular weight excluding hydrogens is 314 g/mol. The van der Waals surface area contributed by atoms with Gasteiger partial charge in [-0.05, 0) is 48.4 Å². The molecule has 0 amide bonds. The fraction of sp³-hybridized carbons (Fsp3) is 0.143. The second-order valence-electron chi connectivity index (χ2n) is 5.70. The lowest BCUT2D eigenvalue weighted by Gasteiger charge is -2.29. The molecule has 0 heterocycles. The fourth-order valence-corrected chi connectivity index (χ4v) is 3.64. The zero-order valence-electron chi connectivity index (χ0n) is 13.4. The molecule has 0 aromatic heterocycles. The van der Waals surface area contributed by atoms with Crippen molar-refractivity contribution in [3.05, 3.63) is 96.1 Å². The fourth-order valence-electron chi connectivity index (χ4n) is 2.80. The summed E-state index contributed by atoms with van der Waals surface area (Å²) in [6.45, 7) is 0.423. The Hall–Kier alpha value is -2.07. The summed E-state index contributed by atoms with van der Waals surface area (Å²) >= 11 is 1.71. The third-order valence-electron chi connectivity index (χ3n) is 4.07. The lowest BCUT2D eigenvalue weighted by atomic mass is 9.84. The molecular formula is C21H21NOS. The van der Waals surface area contributed by atoms with E-state index in [1.807, 2.05) is 60.7 Å². The van der Waals surface area contributed by atoms with Gasteiger partial charge in [-0.1, -0.05) is 72.4 Å². The number of hydrogen-bond acceptors (Lipinski definition) is 3. The van der Waals surface area contributed by atoms with E-state index in [-0.39, 0.29) is 0 Å². The Bertz CT molecular complexity index is 759. The topological polar surface area (TPSA) is 46.2 Å². The van der Waals surface area contributed by atoms with Crippen LogP contribution in [0.25, 0.3) is 0 Å². The first-order valence-electron chi connectivity index (χ1n) is 8.04. The zero-order valence-corrected chi connectivity index (χ0v) is 14.2. The first-order valence-corrected chi connectivity index (χ1v) is 8.85. The Morgan fingerprint density at radius 3 is 1.79 bits per heavy atom. The molecule has 3 heteroatoms. The predicted octanol–water partition coefficient (Wildman–Crippen LogP) is 4.42. The molecule has 1 unspecified atom stereocenters. The van der Waals surface area contributed by atoms with Gasteiger partial charge < -0.3 is 10.8 Å². The molecule has 24 heavy (non-hydrogen) atoms. The highest BCUT2D eigenvalue weighted by molar-refractivity contribution is 7.99. The van der Waals surface area contributed by atoms with Gasteiger partial charge in [-0.2, -0.15) is 0 Å². The van der Waals surface area contributed by atoms with Crippen LogP contribution < -0.4 is 5.73 Å². The monoisotopic (exact) mass is 335 g/mol. The molecule has 3 aromatic carbocycles. The van der Waals surface area contributed by atoms with E-state index in [1.165, 1.54) is 4.90 Å². The van der Waals surface area contributed by atoms with Gasteiger partial charge in [0.05, 0.1) is 0 Å². The van der Waals surface area contributed by atoms with E-state index in [0.717, 1.165) is 16.0 Å². The van der Waals surface area contributed by atoms with Crippen molar-refractivity contribution in [3.63, 3.8) is 0 Å². The van der Waals surface area contributed by atoms with Crippen LogP contribution in [0.2, 0.25) is 0 Å². The molecule has 0 bridgehead atoms. The average Bonchev–Trinajstić information content (AvgIpc) is 2.64. The quantitative estimate of drug-likeness (QED) is 0.701. The minimum atomic E-state index is -1.05. The molecule has 122 valence electrons. The largest absolute Gasteiger partial charge is 0.380 e. The number of aliphatic hydroxyl groups is 1. The molecule has 0 aliphatic rings. The Morgan fingerprint density at radius 2 is 1.21 bits per heavy atom. The van der Waals surface area contributed by atoms with Gasteiger partial charge in [0.25, 0.3) is 0 Å². The van der Waals surface area contributed by atoms with Crippen LogP contribution in [0.4, 0.5) is 0 Å². The maximum Gasteiger partial charge on any atom is 0.116 e. The molecule has 0 saturated heterocycles. The van der Waals surface area contributed by atoms with E-state index < -0.39 is 5.60 Å². The molecule has 0 fully saturated rings. The van der Waals surface area contributed by atoms with Crippen molar-refractivity contribution >= 4 is 11.8 Å². The van der Waals surface area contributed by atoms with Crippen LogP contribution in [0.5, 0.6) is 0 Å². The van der Waals surface area contributed by atoms with Gasteiger partial charge in [0.15, 0.2) is 0 Å². The van der Waals surface area contributed by atoms with Gasteiger partial charge in [-0.3, -0.25) is 0 Å². The van der Waals surface area contributed by atoms with Crippen molar-refractivity contribution in [2.45, 2.75) is 21.8 Å². The van der Waals surface area contributed by atoms with Gasteiger partial charge in [0.2, 0.25) is 0 Å². The summed E-state index contributed by atoms with van der Waals surface area (Å²) in [4.78, 5) is 2.35. The van der Waals surface area contributed by atoms with Crippen LogP contribution >= 0.6 is 11.8 Å². The van der Waals surface area contributed by atoms with Crippen LogP contribution in [-0.4, -0.2) is 11.7 Å². The SMILES string of the molecule is NCCC(O)(c1ccccc1)c1ccc(Sc2ccccc2)cc1. The van der Waals surface area contributed by atoms with Gasteiger partial charge in [-0.25, -0.2) is 0 Å².